The van der Waals surface area contributed by atoms with Crippen LogP contribution in [0.4, 0.5) is 4.39 Å². The third kappa shape index (κ3) is 1.59. The third-order valence-corrected chi connectivity index (χ3v) is 3.20. The first-order chi connectivity index (χ1) is 8.68. The summed E-state index contributed by atoms with van der Waals surface area (Å²) in [6.07, 6.45) is 1.84. The van der Waals surface area contributed by atoms with E-state index in [0.717, 1.165) is 11.1 Å². The normalized spacial score (nSPS) is 11.1. The van der Waals surface area contributed by atoms with Crippen molar-refractivity contribution in [1.29, 1.82) is 0 Å². The van der Waals surface area contributed by atoms with Gasteiger partial charge in [0, 0.05) is 6.20 Å². The average molecular weight is 261 g/mol. The lowest BCUT2D eigenvalue weighted by molar-refractivity contribution is 0.630. The fraction of sp³-hybridized carbons (Fsp3) is 0.0714. The number of aromatic nitrogens is 2. The number of nitrogens with zero attached hydrogens (tertiary/aromatic N) is 2. The highest BCUT2D eigenvalue weighted by molar-refractivity contribution is 6.33. The largest absolute Gasteiger partial charge is 0.298 e. The predicted molar refractivity (Wildman–Crippen MR) is 70.3 cm³/mol. The second-order valence-electron chi connectivity index (χ2n) is 4.12. The Balaban J connectivity index is 2.38. The SMILES string of the molecule is Cc1cccn2c(-c3ccccc3F)nc(Cl)c12. The van der Waals surface area contributed by atoms with Crippen molar-refractivity contribution in [3.05, 3.63) is 59.1 Å². The van der Waals surface area contributed by atoms with Gasteiger partial charge in [0.2, 0.25) is 0 Å². The van der Waals surface area contributed by atoms with Gasteiger partial charge in [-0.3, -0.25) is 4.40 Å². The molecule has 0 aliphatic heterocycles. The molecule has 0 unspecified atom stereocenters. The maximum Gasteiger partial charge on any atom is 0.155 e. The molecule has 3 rings (SSSR count). The smallest absolute Gasteiger partial charge is 0.155 e. The Kier molecular flexibility index (Phi) is 2.56. The highest BCUT2D eigenvalue weighted by Crippen LogP contribution is 2.28. The second kappa shape index (κ2) is 4.10. The fourth-order valence-corrected chi connectivity index (χ4v) is 2.41. The summed E-state index contributed by atoms with van der Waals surface area (Å²) >= 11 is 6.13. The minimum absolute atomic E-state index is 0.303. The Morgan fingerprint density at radius 3 is 2.72 bits per heavy atom. The van der Waals surface area contributed by atoms with E-state index in [9.17, 15) is 4.39 Å². The van der Waals surface area contributed by atoms with Gasteiger partial charge >= 0.3 is 0 Å². The summed E-state index contributed by atoms with van der Waals surface area (Å²) in [6.45, 7) is 1.95. The molecule has 2 aromatic heterocycles. The lowest BCUT2D eigenvalue weighted by Gasteiger charge is -2.03. The lowest BCUT2D eigenvalue weighted by Crippen LogP contribution is -1.92. The summed E-state index contributed by atoms with van der Waals surface area (Å²) in [5, 5.41) is 0.395. The first-order valence-corrected chi connectivity index (χ1v) is 5.94. The van der Waals surface area contributed by atoms with Gasteiger partial charge in [-0.05, 0) is 30.7 Å². The Morgan fingerprint density at radius 1 is 1.17 bits per heavy atom. The van der Waals surface area contributed by atoms with Gasteiger partial charge < -0.3 is 0 Å². The van der Waals surface area contributed by atoms with Crippen LogP contribution >= 0.6 is 11.6 Å². The number of aryl methyl sites for hydroxylation is 1. The van der Waals surface area contributed by atoms with E-state index in [2.05, 4.69) is 4.98 Å². The van der Waals surface area contributed by atoms with E-state index in [1.54, 1.807) is 18.2 Å². The quantitative estimate of drug-likeness (QED) is 0.644. The van der Waals surface area contributed by atoms with Crippen LogP contribution in [0.5, 0.6) is 0 Å². The standard InChI is InChI=1S/C14H10ClFN2/c1-9-5-4-8-18-12(9)13(15)17-14(18)10-6-2-3-7-11(10)16/h2-8H,1H3. The molecule has 0 aliphatic carbocycles. The van der Waals surface area contributed by atoms with Gasteiger partial charge in [0.05, 0.1) is 11.1 Å². The third-order valence-electron chi connectivity index (χ3n) is 2.94. The molecule has 0 N–H and O–H groups in total. The van der Waals surface area contributed by atoms with E-state index < -0.39 is 0 Å². The number of pyridine rings is 1. The molecular formula is C14H10ClFN2. The number of hydrogen-bond donors (Lipinski definition) is 0. The number of fused-ring (bicyclic) bond motifs is 1. The molecule has 0 fully saturated rings. The van der Waals surface area contributed by atoms with E-state index >= 15 is 0 Å². The van der Waals surface area contributed by atoms with Crippen LogP contribution in [0.15, 0.2) is 42.6 Å². The Hall–Kier alpha value is -1.87. The minimum atomic E-state index is -0.303. The van der Waals surface area contributed by atoms with Crippen LogP contribution in [0.3, 0.4) is 0 Å². The number of halogens is 2. The van der Waals surface area contributed by atoms with E-state index in [1.165, 1.54) is 6.07 Å². The maximum atomic E-state index is 13.8. The molecule has 90 valence electrons. The molecule has 0 bridgehead atoms. The Bertz CT molecular complexity index is 734. The lowest BCUT2D eigenvalue weighted by atomic mass is 10.2. The molecule has 2 nitrogen and oxygen atoms in total. The van der Waals surface area contributed by atoms with Crippen LogP contribution in [0.1, 0.15) is 5.56 Å². The van der Waals surface area contributed by atoms with E-state index in [0.29, 0.717) is 16.5 Å². The van der Waals surface area contributed by atoms with Crippen LogP contribution in [0.2, 0.25) is 5.15 Å². The average Bonchev–Trinajstić information content (AvgIpc) is 2.69. The zero-order chi connectivity index (χ0) is 12.7. The molecule has 0 aliphatic rings. The second-order valence-corrected chi connectivity index (χ2v) is 4.47. The van der Waals surface area contributed by atoms with Gasteiger partial charge in [0.25, 0.3) is 0 Å². The van der Waals surface area contributed by atoms with Crippen LogP contribution < -0.4 is 0 Å². The maximum absolute atomic E-state index is 13.8. The predicted octanol–water partition coefficient (Wildman–Crippen LogP) is 4.10. The highest BCUT2D eigenvalue weighted by atomic mass is 35.5. The monoisotopic (exact) mass is 260 g/mol. The van der Waals surface area contributed by atoms with Gasteiger partial charge in [-0.1, -0.05) is 29.8 Å². The molecule has 0 atom stereocenters. The summed E-state index contributed by atoms with van der Waals surface area (Å²) in [6, 6.07) is 10.4. The van der Waals surface area contributed by atoms with E-state index in [4.69, 9.17) is 11.6 Å². The Morgan fingerprint density at radius 2 is 1.94 bits per heavy atom. The van der Waals surface area contributed by atoms with Gasteiger partial charge in [-0.2, -0.15) is 0 Å². The molecule has 0 saturated heterocycles. The zero-order valence-corrected chi connectivity index (χ0v) is 10.4. The Labute approximate surface area is 109 Å². The number of hydrogen-bond acceptors (Lipinski definition) is 1. The summed E-state index contributed by atoms with van der Waals surface area (Å²) in [7, 11) is 0. The molecule has 2 heterocycles. The molecule has 0 amide bonds. The number of imidazole rings is 1. The van der Waals surface area contributed by atoms with Gasteiger partial charge in [0.1, 0.15) is 11.6 Å². The van der Waals surface area contributed by atoms with Gasteiger partial charge in [-0.15, -0.1) is 0 Å². The molecule has 3 aromatic rings. The van der Waals surface area contributed by atoms with Crippen molar-refractivity contribution in [2.24, 2.45) is 0 Å². The van der Waals surface area contributed by atoms with Crippen molar-refractivity contribution in [3.8, 4) is 11.4 Å². The fourth-order valence-electron chi connectivity index (χ4n) is 2.09. The van der Waals surface area contributed by atoms with Gasteiger partial charge in [-0.25, -0.2) is 9.37 Å². The minimum Gasteiger partial charge on any atom is -0.298 e. The van der Waals surface area contributed by atoms with Crippen LogP contribution in [0.25, 0.3) is 16.9 Å². The highest BCUT2D eigenvalue weighted by Gasteiger charge is 2.15. The van der Waals surface area contributed by atoms with Crippen LogP contribution in [0, 0.1) is 12.7 Å². The van der Waals surface area contributed by atoms with Crippen molar-refractivity contribution >= 4 is 17.1 Å². The first-order valence-electron chi connectivity index (χ1n) is 5.56. The van der Waals surface area contributed by atoms with Crippen molar-refractivity contribution in [2.45, 2.75) is 6.92 Å². The van der Waals surface area contributed by atoms with E-state index in [1.807, 2.05) is 29.7 Å². The molecule has 1 aromatic carbocycles. The summed E-state index contributed by atoms with van der Waals surface area (Å²) < 4.78 is 15.6. The zero-order valence-electron chi connectivity index (χ0n) is 9.69. The number of benzene rings is 1. The first kappa shape index (κ1) is 11.2. The van der Waals surface area contributed by atoms with Gasteiger partial charge in [0.15, 0.2) is 5.15 Å². The van der Waals surface area contributed by atoms with Crippen molar-refractivity contribution < 1.29 is 4.39 Å². The topological polar surface area (TPSA) is 17.3 Å². The van der Waals surface area contributed by atoms with Crippen molar-refractivity contribution in [1.82, 2.24) is 9.38 Å². The summed E-state index contributed by atoms with van der Waals surface area (Å²) in [4.78, 5) is 4.27. The van der Waals surface area contributed by atoms with Crippen LogP contribution in [-0.2, 0) is 0 Å². The molecule has 4 heteroatoms. The molecule has 18 heavy (non-hydrogen) atoms. The van der Waals surface area contributed by atoms with Crippen LogP contribution in [-0.4, -0.2) is 9.38 Å². The summed E-state index contributed by atoms with van der Waals surface area (Å²) in [5.74, 6) is 0.222. The number of rotatable bonds is 1. The molecular weight excluding hydrogens is 251 g/mol. The van der Waals surface area contributed by atoms with Crippen molar-refractivity contribution in [3.63, 3.8) is 0 Å². The molecule has 0 spiro atoms. The summed E-state index contributed by atoms with van der Waals surface area (Å²) in [5.41, 5.74) is 2.28. The van der Waals surface area contributed by atoms with Crippen molar-refractivity contribution in [2.75, 3.05) is 0 Å². The molecule has 0 radical (unpaired) electrons. The molecule has 0 saturated carbocycles. The van der Waals surface area contributed by atoms with E-state index in [-0.39, 0.29) is 5.82 Å².